The number of ether oxygens (including phenoxy) is 2. The molecule has 6 heteroatoms. The van der Waals surface area contributed by atoms with Crippen molar-refractivity contribution in [3.63, 3.8) is 0 Å². The monoisotopic (exact) mass is 350 g/mol. The molecule has 0 aliphatic heterocycles. The highest BCUT2D eigenvalue weighted by Gasteiger charge is 2.63. The molecular weight excluding hydrogens is 324 g/mol. The summed E-state index contributed by atoms with van der Waals surface area (Å²) in [7, 11) is 2.99. The summed E-state index contributed by atoms with van der Waals surface area (Å²) in [4.78, 5) is 0. The molecule has 0 N–H and O–H groups in total. The Morgan fingerprint density at radius 2 is 1.00 bits per heavy atom. The van der Waals surface area contributed by atoms with Crippen molar-refractivity contribution in [1.29, 1.82) is 0 Å². The van der Waals surface area contributed by atoms with Crippen LogP contribution < -0.4 is 0 Å². The molecule has 0 amide bonds. The van der Waals surface area contributed by atoms with Gasteiger partial charge in [0, 0.05) is 11.8 Å². The molecule has 2 fully saturated rings. The molecule has 0 aromatic carbocycles. The average molecular weight is 350 g/mol. The fraction of sp³-hybridized carbons (Fsp3) is 0.778. The Hall–Kier alpha value is -1.20. The van der Waals surface area contributed by atoms with Gasteiger partial charge in [-0.25, -0.2) is 0 Å². The first-order valence-corrected chi connectivity index (χ1v) is 8.50. The zero-order chi connectivity index (χ0) is 17.8. The van der Waals surface area contributed by atoms with E-state index in [2.05, 4.69) is 0 Å². The highest BCUT2D eigenvalue weighted by Crippen LogP contribution is 2.53. The molecule has 24 heavy (non-hydrogen) atoms. The van der Waals surface area contributed by atoms with Crippen LogP contribution in [0.5, 0.6) is 0 Å². The third-order valence-electron chi connectivity index (χ3n) is 5.29. The van der Waals surface area contributed by atoms with Gasteiger partial charge in [-0.2, -0.15) is 17.6 Å². The first kappa shape index (κ1) is 19.1. The van der Waals surface area contributed by atoms with Crippen molar-refractivity contribution in [3.05, 3.63) is 23.7 Å². The predicted molar refractivity (Wildman–Crippen MR) is 84.0 cm³/mol. The topological polar surface area (TPSA) is 18.5 Å². The Labute approximate surface area is 140 Å². The second-order valence-electron chi connectivity index (χ2n) is 6.82. The summed E-state index contributed by atoms with van der Waals surface area (Å²) < 4.78 is 68.1. The molecule has 0 heterocycles. The quantitative estimate of drug-likeness (QED) is 0.468. The number of methoxy groups -OCH3 is 2. The zero-order valence-corrected chi connectivity index (χ0v) is 14.3. The van der Waals surface area contributed by atoms with Crippen LogP contribution in [-0.4, -0.2) is 26.1 Å². The van der Waals surface area contributed by atoms with Crippen LogP contribution in [0, 0.1) is 11.8 Å². The van der Waals surface area contributed by atoms with Crippen LogP contribution in [0.4, 0.5) is 17.6 Å². The second-order valence-corrected chi connectivity index (χ2v) is 6.82. The van der Waals surface area contributed by atoms with Crippen LogP contribution in [0.25, 0.3) is 0 Å². The summed E-state index contributed by atoms with van der Waals surface area (Å²) in [6, 6.07) is 0. The smallest absolute Gasteiger partial charge is 0.313 e. The van der Waals surface area contributed by atoms with Crippen LogP contribution in [0.1, 0.15) is 51.4 Å². The van der Waals surface area contributed by atoms with Gasteiger partial charge in [-0.1, -0.05) is 0 Å². The highest BCUT2D eigenvalue weighted by atomic mass is 19.3. The van der Waals surface area contributed by atoms with E-state index in [1.54, 1.807) is 0 Å². The van der Waals surface area contributed by atoms with E-state index in [1.807, 2.05) is 0 Å². The van der Waals surface area contributed by atoms with Crippen molar-refractivity contribution in [1.82, 2.24) is 0 Å². The second kappa shape index (κ2) is 7.79. The molecule has 0 atom stereocenters. The van der Waals surface area contributed by atoms with E-state index in [0.29, 0.717) is 25.7 Å². The lowest BCUT2D eigenvalue weighted by molar-refractivity contribution is -0.266. The summed E-state index contributed by atoms with van der Waals surface area (Å²) in [5.41, 5.74) is 1.83. The van der Waals surface area contributed by atoms with E-state index in [9.17, 15) is 17.6 Å². The molecule has 0 bridgehead atoms. The normalized spacial score (nSPS) is 26.1. The number of halogens is 4. The molecule has 0 spiro atoms. The van der Waals surface area contributed by atoms with Gasteiger partial charge in [0.05, 0.1) is 26.7 Å². The molecule has 0 aromatic rings. The largest absolute Gasteiger partial charge is 0.504 e. The van der Waals surface area contributed by atoms with Gasteiger partial charge in [-0.15, -0.1) is 0 Å². The third-order valence-corrected chi connectivity index (χ3v) is 5.29. The average Bonchev–Trinajstić information content (AvgIpc) is 2.56. The minimum Gasteiger partial charge on any atom is -0.504 e. The molecule has 2 aliphatic rings. The molecule has 0 unspecified atom stereocenters. The predicted octanol–water partition coefficient (Wildman–Crippen LogP) is 5.70. The Balaban J connectivity index is 2.02. The molecule has 138 valence electrons. The standard InChI is InChI=1S/C18H26F4O2/c1-23-11-13-3-7-15(8-4-13)17(19,20)18(21,22)16-9-5-14(6-10-16)12-24-2/h11-12,15-16H,3-10H2,1-2H3. The summed E-state index contributed by atoms with van der Waals surface area (Å²) in [6.07, 6.45) is 5.00. The maximum atomic E-state index is 14.6. The van der Waals surface area contributed by atoms with Crippen LogP contribution in [0.2, 0.25) is 0 Å². The van der Waals surface area contributed by atoms with Gasteiger partial charge in [0.25, 0.3) is 0 Å². The number of hydrogen-bond donors (Lipinski definition) is 0. The fourth-order valence-corrected chi connectivity index (χ4v) is 3.82. The van der Waals surface area contributed by atoms with Crippen molar-refractivity contribution < 1.29 is 27.0 Å². The highest BCUT2D eigenvalue weighted by molar-refractivity contribution is 5.09. The van der Waals surface area contributed by atoms with Gasteiger partial charge in [-0.05, 0) is 62.5 Å². The lowest BCUT2D eigenvalue weighted by atomic mass is 9.74. The number of hydrogen-bond acceptors (Lipinski definition) is 2. The van der Waals surface area contributed by atoms with Crippen LogP contribution in [0.3, 0.4) is 0 Å². The van der Waals surface area contributed by atoms with Crippen molar-refractivity contribution in [3.8, 4) is 0 Å². The van der Waals surface area contributed by atoms with Crippen molar-refractivity contribution >= 4 is 0 Å². The van der Waals surface area contributed by atoms with E-state index in [1.165, 1.54) is 26.7 Å². The Morgan fingerprint density at radius 1 is 0.708 bits per heavy atom. The van der Waals surface area contributed by atoms with Gasteiger partial charge >= 0.3 is 11.8 Å². The molecule has 2 saturated carbocycles. The number of allylic oxidation sites excluding steroid dienone is 2. The molecule has 2 rings (SSSR count). The van der Waals surface area contributed by atoms with Gasteiger partial charge in [0.15, 0.2) is 0 Å². The van der Waals surface area contributed by atoms with E-state index < -0.39 is 23.7 Å². The molecule has 0 radical (unpaired) electrons. The first-order valence-electron chi connectivity index (χ1n) is 8.50. The Kier molecular flexibility index (Phi) is 6.21. The van der Waals surface area contributed by atoms with Gasteiger partial charge < -0.3 is 9.47 Å². The summed E-state index contributed by atoms with van der Waals surface area (Å²) in [6.45, 7) is 0. The molecule has 0 aromatic heterocycles. The van der Waals surface area contributed by atoms with E-state index in [4.69, 9.17) is 9.47 Å². The van der Waals surface area contributed by atoms with Gasteiger partial charge in [0.2, 0.25) is 0 Å². The Morgan fingerprint density at radius 3 is 1.25 bits per heavy atom. The van der Waals surface area contributed by atoms with Crippen molar-refractivity contribution in [2.75, 3.05) is 14.2 Å². The molecular formula is C18H26F4O2. The van der Waals surface area contributed by atoms with E-state index in [-0.39, 0.29) is 25.7 Å². The first-order chi connectivity index (χ1) is 11.3. The van der Waals surface area contributed by atoms with Crippen molar-refractivity contribution in [2.24, 2.45) is 11.8 Å². The van der Waals surface area contributed by atoms with Crippen molar-refractivity contribution in [2.45, 2.75) is 63.2 Å². The van der Waals surface area contributed by atoms with E-state index in [0.717, 1.165) is 11.1 Å². The minimum atomic E-state index is -3.96. The van der Waals surface area contributed by atoms with E-state index >= 15 is 0 Å². The SMILES string of the molecule is COC=C1CCC(C(F)(F)C(F)(F)C2CCC(=COC)CC2)CC1. The molecule has 2 aliphatic carbocycles. The van der Waals surface area contributed by atoms with Gasteiger partial charge in [0.1, 0.15) is 0 Å². The summed E-state index contributed by atoms with van der Waals surface area (Å²) in [5, 5.41) is 0. The maximum absolute atomic E-state index is 14.6. The molecule has 2 nitrogen and oxygen atoms in total. The maximum Gasteiger partial charge on any atom is 0.313 e. The summed E-state index contributed by atoms with van der Waals surface area (Å²) >= 11 is 0. The summed E-state index contributed by atoms with van der Waals surface area (Å²) in [5.74, 6) is -10.5. The Bertz CT molecular complexity index is 421. The van der Waals surface area contributed by atoms with Gasteiger partial charge in [-0.3, -0.25) is 0 Å². The van der Waals surface area contributed by atoms with Crippen LogP contribution >= 0.6 is 0 Å². The number of alkyl halides is 4. The van der Waals surface area contributed by atoms with Crippen LogP contribution in [-0.2, 0) is 9.47 Å². The third kappa shape index (κ3) is 3.89. The molecule has 0 saturated heterocycles. The lowest BCUT2D eigenvalue weighted by Gasteiger charge is -2.40. The zero-order valence-electron chi connectivity index (χ0n) is 14.3. The van der Waals surface area contributed by atoms with Crippen LogP contribution in [0.15, 0.2) is 23.7 Å². The fourth-order valence-electron chi connectivity index (χ4n) is 3.82. The minimum absolute atomic E-state index is 0.0827. The number of rotatable bonds is 5. The lowest BCUT2D eigenvalue weighted by Crippen LogP contribution is -2.52.